The number of ether oxygens (including phenoxy) is 1. The van der Waals surface area contributed by atoms with Crippen molar-refractivity contribution in [1.29, 1.82) is 0 Å². The second-order valence-corrected chi connectivity index (χ2v) is 6.50. The van der Waals surface area contributed by atoms with E-state index in [1.165, 1.54) is 5.57 Å². The van der Waals surface area contributed by atoms with Gasteiger partial charge in [-0.3, -0.25) is 0 Å². The van der Waals surface area contributed by atoms with Gasteiger partial charge in [0.2, 0.25) is 0 Å². The summed E-state index contributed by atoms with van der Waals surface area (Å²) in [5.74, 6) is 0.740. The Bertz CT molecular complexity index is 367. The molecule has 0 aromatic heterocycles. The first-order valence-corrected chi connectivity index (χ1v) is 7.80. The number of hydrogen-bond donors (Lipinski definition) is 1. The second-order valence-electron chi connectivity index (χ2n) is 6.50. The van der Waals surface area contributed by atoms with Crippen LogP contribution in [0.25, 0.3) is 0 Å². The average molecular weight is 279 g/mol. The summed E-state index contributed by atoms with van der Waals surface area (Å²) < 4.78 is 5.42. The van der Waals surface area contributed by atoms with Crippen molar-refractivity contribution in [2.45, 2.75) is 50.9 Å². The van der Waals surface area contributed by atoms with Crippen molar-refractivity contribution >= 4 is 0 Å². The molecule has 0 saturated heterocycles. The monoisotopic (exact) mass is 279 g/mol. The summed E-state index contributed by atoms with van der Waals surface area (Å²) in [5, 5.41) is 10.8. The third kappa shape index (κ3) is 3.33. The highest BCUT2D eigenvalue weighted by molar-refractivity contribution is 5.32. The maximum atomic E-state index is 10.8. The Morgan fingerprint density at radius 1 is 1.25 bits per heavy atom. The Labute approximate surface area is 123 Å². The molecule has 114 valence electrons. The Morgan fingerprint density at radius 2 is 1.90 bits per heavy atom. The van der Waals surface area contributed by atoms with Crippen LogP contribution in [0.15, 0.2) is 23.8 Å². The molecular weight excluding hydrogens is 250 g/mol. The lowest BCUT2D eigenvalue weighted by atomic mass is 9.78. The van der Waals surface area contributed by atoms with Gasteiger partial charge in [0.25, 0.3) is 0 Å². The predicted octanol–water partition coefficient (Wildman–Crippen LogP) is 2.62. The van der Waals surface area contributed by atoms with Gasteiger partial charge in [0, 0.05) is 19.1 Å². The topological polar surface area (TPSA) is 32.7 Å². The van der Waals surface area contributed by atoms with Gasteiger partial charge in [-0.1, -0.05) is 18.2 Å². The molecule has 3 unspecified atom stereocenters. The fraction of sp³-hybridized carbons (Fsp3) is 0.765. The van der Waals surface area contributed by atoms with E-state index in [1.54, 1.807) is 7.11 Å². The van der Waals surface area contributed by atoms with Crippen LogP contribution in [0.1, 0.15) is 32.6 Å². The minimum atomic E-state index is -0.296. The minimum Gasteiger partial charge on any atom is -0.388 e. The lowest BCUT2D eigenvalue weighted by Crippen LogP contribution is -2.37. The van der Waals surface area contributed by atoms with Crippen molar-refractivity contribution in [2.75, 3.05) is 21.2 Å². The van der Waals surface area contributed by atoms with Gasteiger partial charge in [-0.25, -0.2) is 0 Å². The lowest BCUT2D eigenvalue weighted by Gasteiger charge is -2.35. The number of hydrogen-bond acceptors (Lipinski definition) is 3. The molecule has 1 N–H and O–H groups in total. The van der Waals surface area contributed by atoms with Crippen molar-refractivity contribution in [2.24, 2.45) is 11.8 Å². The van der Waals surface area contributed by atoms with Gasteiger partial charge in [0.05, 0.1) is 12.2 Å². The summed E-state index contributed by atoms with van der Waals surface area (Å²) in [6.07, 6.45) is 10.8. The third-order valence-corrected chi connectivity index (χ3v) is 5.17. The van der Waals surface area contributed by atoms with Crippen LogP contribution in [0.4, 0.5) is 0 Å². The van der Waals surface area contributed by atoms with Crippen molar-refractivity contribution in [3.8, 4) is 0 Å². The summed E-state index contributed by atoms with van der Waals surface area (Å²) in [4.78, 5) is 2.22. The lowest BCUT2D eigenvalue weighted by molar-refractivity contribution is 0.0267. The third-order valence-electron chi connectivity index (χ3n) is 5.17. The molecule has 1 fully saturated rings. The van der Waals surface area contributed by atoms with Gasteiger partial charge in [-0.2, -0.15) is 0 Å². The number of allylic oxidation sites excluding steroid dienone is 2. The van der Waals surface area contributed by atoms with Crippen molar-refractivity contribution in [3.63, 3.8) is 0 Å². The summed E-state index contributed by atoms with van der Waals surface area (Å²) in [6.45, 7) is 2.22. The summed E-state index contributed by atoms with van der Waals surface area (Å²) in [6, 6.07) is 0.421. The molecule has 0 amide bonds. The molecule has 3 atom stereocenters. The van der Waals surface area contributed by atoms with Crippen molar-refractivity contribution in [1.82, 2.24) is 4.90 Å². The smallest absolute Gasteiger partial charge is 0.0787 e. The summed E-state index contributed by atoms with van der Waals surface area (Å²) in [7, 11) is 5.99. The zero-order chi connectivity index (χ0) is 14.7. The van der Waals surface area contributed by atoms with Gasteiger partial charge < -0.3 is 14.7 Å². The number of methoxy groups -OCH3 is 1. The first kappa shape index (κ1) is 15.7. The van der Waals surface area contributed by atoms with Crippen molar-refractivity contribution < 1.29 is 9.84 Å². The van der Waals surface area contributed by atoms with E-state index >= 15 is 0 Å². The standard InChI is InChI=1S/C17H29NO2/c1-12(18(2)3)15-6-5-7-16(15)17(19)13-8-10-14(20-4)11-9-13/h5-7,12-15,17,19H,8-11H2,1-4H3. The van der Waals surface area contributed by atoms with E-state index in [1.807, 2.05) is 0 Å². The minimum absolute atomic E-state index is 0.296. The normalized spacial score (nSPS) is 33.3. The Kier molecular flexibility index (Phi) is 5.42. The molecular formula is C17H29NO2. The van der Waals surface area contributed by atoms with Crippen LogP contribution in [0.3, 0.4) is 0 Å². The molecule has 0 aliphatic heterocycles. The van der Waals surface area contributed by atoms with Crippen LogP contribution in [0.5, 0.6) is 0 Å². The first-order valence-electron chi connectivity index (χ1n) is 7.80. The van der Waals surface area contributed by atoms with Gasteiger partial charge in [0.15, 0.2) is 0 Å². The maximum absolute atomic E-state index is 10.8. The zero-order valence-corrected chi connectivity index (χ0v) is 13.2. The van der Waals surface area contributed by atoms with Gasteiger partial charge in [-0.05, 0) is 58.2 Å². The second kappa shape index (κ2) is 6.88. The van der Waals surface area contributed by atoms with Crippen molar-refractivity contribution in [3.05, 3.63) is 23.8 Å². The molecule has 2 aliphatic carbocycles. The SMILES string of the molecule is COC1CCC(C(O)C2=CC=CC2C(C)N(C)C)CC1. The molecule has 20 heavy (non-hydrogen) atoms. The molecule has 0 radical (unpaired) electrons. The average Bonchev–Trinajstić information content (AvgIpc) is 2.94. The molecule has 0 spiro atoms. The van der Waals surface area contributed by atoms with E-state index in [0.29, 0.717) is 24.0 Å². The molecule has 0 bridgehead atoms. The predicted molar refractivity (Wildman–Crippen MR) is 82.6 cm³/mol. The van der Waals surface area contributed by atoms with E-state index in [0.717, 1.165) is 25.7 Å². The Balaban J connectivity index is 1.97. The van der Waals surface area contributed by atoms with E-state index < -0.39 is 0 Å². The van der Waals surface area contributed by atoms with Gasteiger partial charge >= 0.3 is 0 Å². The van der Waals surface area contributed by atoms with E-state index in [4.69, 9.17) is 4.74 Å². The first-order chi connectivity index (χ1) is 9.54. The Morgan fingerprint density at radius 3 is 2.45 bits per heavy atom. The quantitative estimate of drug-likeness (QED) is 0.839. The maximum Gasteiger partial charge on any atom is 0.0787 e. The van der Waals surface area contributed by atoms with Gasteiger partial charge in [0.1, 0.15) is 0 Å². The number of aliphatic hydroxyl groups is 1. The molecule has 0 aromatic rings. The van der Waals surface area contributed by atoms with Crippen LogP contribution >= 0.6 is 0 Å². The summed E-state index contributed by atoms with van der Waals surface area (Å²) in [5.41, 5.74) is 1.20. The molecule has 3 heteroatoms. The van der Waals surface area contributed by atoms with Crippen LogP contribution in [-0.4, -0.2) is 49.5 Å². The molecule has 1 saturated carbocycles. The highest BCUT2D eigenvalue weighted by atomic mass is 16.5. The fourth-order valence-electron chi connectivity index (χ4n) is 3.48. The van der Waals surface area contributed by atoms with Crippen LogP contribution in [0.2, 0.25) is 0 Å². The van der Waals surface area contributed by atoms with Crippen LogP contribution < -0.4 is 0 Å². The largest absolute Gasteiger partial charge is 0.388 e. The fourth-order valence-corrected chi connectivity index (χ4v) is 3.48. The van der Waals surface area contributed by atoms with E-state index in [9.17, 15) is 5.11 Å². The highest BCUT2D eigenvalue weighted by Crippen LogP contribution is 2.36. The molecule has 2 aliphatic rings. The number of aliphatic hydroxyl groups excluding tert-OH is 1. The van der Waals surface area contributed by atoms with Crippen LogP contribution in [0, 0.1) is 11.8 Å². The number of nitrogens with zero attached hydrogens (tertiary/aromatic N) is 1. The van der Waals surface area contributed by atoms with E-state index in [-0.39, 0.29) is 6.10 Å². The highest BCUT2D eigenvalue weighted by Gasteiger charge is 2.33. The van der Waals surface area contributed by atoms with E-state index in [2.05, 4.69) is 44.1 Å². The number of rotatable bonds is 5. The summed E-state index contributed by atoms with van der Waals surface area (Å²) >= 11 is 0. The van der Waals surface area contributed by atoms with Crippen LogP contribution in [-0.2, 0) is 4.74 Å². The van der Waals surface area contributed by atoms with Gasteiger partial charge in [-0.15, -0.1) is 0 Å². The zero-order valence-electron chi connectivity index (χ0n) is 13.2. The molecule has 3 nitrogen and oxygen atoms in total. The molecule has 0 heterocycles. The Hall–Kier alpha value is -0.640. The molecule has 2 rings (SSSR count). The molecule has 0 aromatic carbocycles.